The number of amides is 1. The minimum Gasteiger partial charge on any atom is -0.458 e. The lowest BCUT2D eigenvalue weighted by Gasteiger charge is -2.28. The minimum atomic E-state index is -1.86. The van der Waals surface area contributed by atoms with Crippen LogP contribution in [0.2, 0.25) is 0 Å². The van der Waals surface area contributed by atoms with E-state index in [-0.39, 0.29) is 18.0 Å². The summed E-state index contributed by atoms with van der Waals surface area (Å²) in [5.41, 5.74) is -0.686. The summed E-state index contributed by atoms with van der Waals surface area (Å²) in [5, 5.41) is 11.3. The topological polar surface area (TPSA) is 74.0 Å². The van der Waals surface area contributed by atoms with Crippen molar-refractivity contribution in [3.63, 3.8) is 0 Å². The van der Waals surface area contributed by atoms with E-state index in [0.29, 0.717) is 23.7 Å². The van der Waals surface area contributed by atoms with Gasteiger partial charge >= 0.3 is 0 Å². The second-order valence-electron chi connectivity index (χ2n) is 7.79. The fourth-order valence-corrected chi connectivity index (χ4v) is 4.20. The Bertz CT molecular complexity index is 882. The number of carbonyl (C=O) groups excluding carboxylic acids is 2. The molecule has 0 radical (unpaired) electrons. The van der Waals surface area contributed by atoms with E-state index in [9.17, 15) is 14.7 Å². The van der Waals surface area contributed by atoms with Crippen molar-refractivity contribution < 1.29 is 19.1 Å². The molecule has 0 bridgehead atoms. The van der Waals surface area contributed by atoms with Gasteiger partial charge in [-0.25, -0.2) is 0 Å². The average Bonchev–Trinajstić information content (AvgIpc) is 3.07. The van der Waals surface area contributed by atoms with E-state index in [1.807, 2.05) is 12.1 Å². The summed E-state index contributed by atoms with van der Waals surface area (Å²) in [6.07, 6.45) is 4.32. The first-order valence-electron chi connectivity index (χ1n) is 9.95. The number of anilines is 1. The molecule has 1 amide bonds. The van der Waals surface area contributed by atoms with E-state index in [1.54, 1.807) is 36.1 Å². The van der Waals surface area contributed by atoms with Crippen molar-refractivity contribution in [2.75, 3.05) is 24.7 Å². The number of fused-ring (bicyclic) bond motifs is 1. The lowest BCUT2D eigenvalue weighted by atomic mass is 9.89. The van der Waals surface area contributed by atoms with Crippen LogP contribution in [0.3, 0.4) is 0 Å². The first-order chi connectivity index (χ1) is 13.5. The lowest BCUT2D eigenvalue weighted by Crippen LogP contribution is -2.46. The van der Waals surface area contributed by atoms with Gasteiger partial charge in [0.15, 0.2) is 11.4 Å². The highest BCUT2D eigenvalue weighted by molar-refractivity contribution is 6.10. The Morgan fingerprint density at radius 3 is 2.50 bits per heavy atom. The molecule has 6 nitrogen and oxygen atoms in total. The second kappa shape index (κ2) is 7.53. The summed E-state index contributed by atoms with van der Waals surface area (Å²) < 4.78 is 5.39. The third-order valence-corrected chi connectivity index (χ3v) is 5.71. The average molecular weight is 382 g/mol. The molecule has 2 aliphatic rings. The molecule has 2 aromatic rings. The standard InChI is InChI=1S/C22H26N2O4/c1-16-10-11-20(28-16)19(25)14-22(27)17-8-4-5-9-18(17)24(21(22)26)15-23-12-6-2-3-7-13-23/h4-5,8-11,27H,2-3,6-7,12-15H2,1H3. The zero-order chi connectivity index (χ0) is 19.7. The third kappa shape index (κ3) is 3.38. The van der Waals surface area contributed by atoms with Crippen LogP contribution >= 0.6 is 0 Å². The summed E-state index contributed by atoms with van der Waals surface area (Å²) >= 11 is 0. The number of aryl methyl sites for hydroxylation is 1. The van der Waals surface area contributed by atoms with E-state index in [0.717, 1.165) is 25.9 Å². The number of likely N-dealkylation sites (tertiary alicyclic amines) is 1. The smallest absolute Gasteiger partial charge is 0.265 e. The molecule has 1 aromatic carbocycles. The molecule has 2 aliphatic heterocycles. The van der Waals surface area contributed by atoms with Crippen molar-refractivity contribution in [2.24, 2.45) is 0 Å². The maximum absolute atomic E-state index is 13.3. The predicted octanol–water partition coefficient (Wildman–Crippen LogP) is 3.23. The van der Waals surface area contributed by atoms with Crippen molar-refractivity contribution in [1.82, 2.24) is 4.90 Å². The molecular weight excluding hydrogens is 356 g/mol. The number of Topliss-reactive ketones (excluding diaryl/α,β-unsaturated/α-hetero) is 1. The Morgan fingerprint density at radius 2 is 1.82 bits per heavy atom. The van der Waals surface area contributed by atoms with E-state index in [1.165, 1.54) is 12.8 Å². The van der Waals surface area contributed by atoms with Gasteiger partial charge in [-0.2, -0.15) is 0 Å². The molecular formula is C22H26N2O4. The number of carbonyl (C=O) groups is 2. The fourth-order valence-electron chi connectivity index (χ4n) is 4.20. The first kappa shape index (κ1) is 18.9. The van der Waals surface area contributed by atoms with Gasteiger partial charge < -0.3 is 9.52 Å². The number of furan rings is 1. The second-order valence-corrected chi connectivity index (χ2v) is 7.79. The zero-order valence-corrected chi connectivity index (χ0v) is 16.2. The molecule has 6 heteroatoms. The monoisotopic (exact) mass is 382 g/mol. The van der Waals surface area contributed by atoms with Crippen LogP contribution in [0.25, 0.3) is 0 Å². The number of para-hydroxylation sites is 1. The van der Waals surface area contributed by atoms with Gasteiger partial charge in [-0.15, -0.1) is 0 Å². The molecule has 1 N–H and O–H groups in total. The van der Waals surface area contributed by atoms with Crippen LogP contribution < -0.4 is 4.90 Å². The summed E-state index contributed by atoms with van der Waals surface area (Å²) in [6, 6.07) is 10.5. The van der Waals surface area contributed by atoms with Crippen LogP contribution in [0, 0.1) is 6.92 Å². The van der Waals surface area contributed by atoms with Crippen LogP contribution in [-0.4, -0.2) is 41.5 Å². The number of aliphatic hydroxyl groups is 1. The Balaban J connectivity index is 1.61. The van der Waals surface area contributed by atoms with Gasteiger partial charge in [0, 0.05) is 5.56 Å². The Kier molecular flexibility index (Phi) is 5.08. The van der Waals surface area contributed by atoms with Gasteiger partial charge in [-0.3, -0.25) is 19.4 Å². The first-order valence-corrected chi connectivity index (χ1v) is 9.95. The minimum absolute atomic E-state index is 0.169. The zero-order valence-electron chi connectivity index (χ0n) is 16.2. The molecule has 4 rings (SSSR count). The van der Waals surface area contributed by atoms with Gasteiger partial charge in [-0.1, -0.05) is 31.0 Å². The Morgan fingerprint density at radius 1 is 1.11 bits per heavy atom. The van der Waals surface area contributed by atoms with Gasteiger partial charge in [0.05, 0.1) is 18.8 Å². The molecule has 28 heavy (non-hydrogen) atoms. The van der Waals surface area contributed by atoms with Crippen LogP contribution in [0.4, 0.5) is 5.69 Å². The molecule has 148 valence electrons. The normalized spacial score (nSPS) is 22.9. The van der Waals surface area contributed by atoms with Crippen molar-refractivity contribution in [3.05, 3.63) is 53.5 Å². The van der Waals surface area contributed by atoms with Gasteiger partial charge in [0.1, 0.15) is 5.76 Å². The Labute approximate surface area is 164 Å². The van der Waals surface area contributed by atoms with E-state index in [2.05, 4.69) is 4.90 Å². The highest BCUT2D eigenvalue weighted by Crippen LogP contribution is 2.43. The van der Waals surface area contributed by atoms with Crippen LogP contribution in [-0.2, 0) is 10.4 Å². The maximum atomic E-state index is 13.3. The lowest BCUT2D eigenvalue weighted by molar-refractivity contribution is -0.136. The summed E-state index contributed by atoms with van der Waals surface area (Å²) in [4.78, 5) is 29.8. The third-order valence-electron chi connectivity index (χ3n) is 5.71. The SMILES string of the molecule is Cc1ccc(C(=O)CC2(O)C(=O)N(CN3CCCCCC3)c3ccccc32)o1. The number of nitrogens with zero attached hydrogens (tertiary/aromatic N) is 2. The van der Waals surface area contributed by atoms with Crippen LogP contribution in [0.1, 0.15) is 54.0 Å². The maximum Gasteiger partial charge on any atom is 0.265 e. The molecule has 1 atom stereocenters. The summed E-state index contributed by atoms with van der Waals surface area (Å²) in [7, 11) is 0. The van der Waals surface area contributed by atoms with E-state index in [4.69, 9.17) is 4.42 Å². The van der Waals surface area contributed by atoms with Gasteiger partial charge in [0.2, 0.25) is 5.78 Å². The van der Waals surface area contributed by atoms with Crippen molar-refractivity contribution in [3.8, 4) is 0 Å². The molecule has 3 heterocycles. The Hall–Kier alpha value is -2.44. The summed E-state index contributed by atoms with van der Waals surface area (Å²) in [6.45, 7) is 4.07. The number of ketones is 1. The predicted molar refractivity (Wildman–Crippen MR) is 105 cm³/mol. The number of benzene rings is 1. The number of hydrogen-bond acceptors (Lipinski definition) is 5. The van der Waals surface area contributed by atoms with E-state index >= 15 is 0 Å². The molecule has 1 unspecified atom stereocenters. The molecule has 1 aromatic heterocycles. The molecule has 0 aliphatic carbocycles. The fraction of sp³-hybridized carbons (Fsp3) is 0.455. The number of hydrogen-bond donors (Lipinski definition) is 1. The number of rotatable bonds is 5. The van der Waals surface area contributed by atoms with Gasteiger partial charge in [-0.05, 0) is 51.1 Å². The summed E-state index contributed by atoms with van der Waals surface area (Å²) in [5.74, 6) is -0.0246. The highest BCUT2D eigenvalue weighted by Gasteiger charge is 2.51. The van der Waals surface area contributed by atoms with Crippen LogP contribution in [0.15, 0.2) is 40.8 Å². The van der Waals surface area contributed by atoms with E-state index < -0.39 is 11.5 Å². The molecule has 1 saturated heterocycles. The largest absolute Gasteiger partial charge is 0.458 e. The molecule has 0 spiro atoms. The van der Waals surface area contributed by atoms with Crippen LogP contribution in [0.5, 0.6) is 0 Å². The van der Waals surface area contributed by atoms with Crippen molar-refractivity contribution >= 4 is 17.4 Å². The molecule has 0 saturated carbocycles. The van der Waals surface area contributed by atoms with Crippen molar-refractivity contribution in [1.29, 1.82) is 0 Å². The van der Waals surface area contributed by atoms with Crippen molar-refractivity contribution in [2.45, 2.75) is 44.6 Å². The molecule has 1 fully saturated rings. The quantitative estimate of drug-likeness (QED) is 0.804. The van der Waals surface area contributed by atoms with Gasteiger partial charge in [0.25, 0.3) is 5.91 Å². The highest BCUT2D eigenvalue weighted by atomic mass is 16.3.